The first-order chi connectivity index (χ1) is 15.3. The highest BCUT2D eigenvalue weighted by Gasteiger charge is 2.31. The van der Waals surface area contributed by atoms with Crippen LogP contribution in [0.5, 0.6) is 5.75 Å². The molecule has 2 aromatic heterocycles. The number of carboxylic acid groups (broad SMARTS) is 2. The summed E-state index contributed by atoms with van der Waals surface area (Å²) in [5, 5.41) is 30.0. The van der Waals surface area contributed by atoms with Gasteiger partial charge in [0.1, 0.15) is 0 Å². The molecule has 0 fully saturated rings. The summed E-state index contributed by atoms with van der Waals surface area (Å²) in [6, 6.07) is 13.5. The van der Waals surface area contributed by atoms with Crippen LogP contribution in [0.1, 0.15) is 39.2 Å². The lowest BCUT2D eigenvalue weighted by Crippen LogP contribution is -2.12. The molecular weight excluding hydrogens is 414 g/mol. The second-order valence-electron chi connectivity index (χ2n) is 7.47. The van der Waals surface area contributed by atoms with Gasteiger partial charge in [0, 0.05) is 17.1 Å². The summed E-state index contributed by atoms with van der Waals surface area (Å²) in [6.45, 7) is 1.59. The van der Waals surface area contributed by atoms with E-state index < -0.39 is 40.9 Å². The highest BCUT2D eigenvalue weighted by Crippen LogP contribution is 2.40. The van der Waals surface area contributed by atoms with Crippen molar-refractivity contribution in [2.75, 3.05) is 0 Å². The summed E-state index contributed by atoms with van der Waals surface area (Å²) >= 11 is 0. The molecule has 0 saturated carbocycles. The second-order valence-corrected chi connectivity index (χ2v) is 7.47. The molecule has 4 aromatic rings. The van der Waals surface area contributed by atoms with E-state index in [1.54, 1.807) is 55.5 Å². The number of aliphatic carboxylic acids is 1. The summed E-state index contributed by atoms with van der Waals surface area (Å²) in [5.41, 5.74) is 1.81. The Morgan fingerprint density at radius 2 is 1.72 bits per heavy atom. The summed E-state index contributed by atoms with van der Waals surface area (Å²) in [7, 11) is 0. The normalized spacial score (nSPS) is 12.0. The zero-order valence-corrected chi connectivity index (χ0v) is 17.0. The number of aromatic carboxylic acids is 1. The van der Waals surface area contributed by atoms with Gasteiger partial charge in [0.25, 0.3) is 0 Å². The largest absolute Gasteiger partial charge is 0.504 e. The lowest BCUT2D eigenvalue weighted by atomic mass is 9.97. The average Bonchev–Trinajstić information content (AvgIpc) is 3.36. The Hall–Kier alpha value is -4.33. The number of aromatic nitrogens is 1. The number of hydrogen-bond acceptors (Lipinski definition) is 5. The van der Waals surface area contributed by atoms with Gasteiger partial charge in [-0.15, -0.1) is 0 Å². The molecule has 0 saturated heterocycles. The minimum atomic E-state index is -1.41. The number of para-hydroxylation sites is 1. The lowest BCUT2D eigenvalue weighted by molar-refractivity contribution is -0.141. The van der Waals surface area contributed by atoms with E-state index in [9.17, 15) is 29.7 Å². The fourth-order valence-corrected chi connectivity index (χ4v) is 3.71. The maximum Gasteiger partial charge on any atom is 0.372 e. The number of carboxylic acids is 2. The van der Waals surface area contributed by atoms with Gasteiger partial charge in [0.15, 0.2) is 5.75 Å². The van der Waals surface area contributed by atoms with E-state index in [0.717, 1.165) is 5.56 Å². The minimum absolute atomic E-state index is 0.0720. The molecule has 0 aliphatic heterocycles. The molecule has 4 rings (SSSR count). The average molecular weight is 433 g/mol. The van der Waals surface area contributed by atoms with Crippen LogP contribution in [0.15, 0.2) is 59.1 Å². The fourth-order valence-electron chi connectivity index (χ4n) is 3.71. The van der Waals surface area contributed by atoms with Crippen molar-refractivity contribution in [1.29, 1.82) is 0 Å². The Labute approximate surface area is 181 Å². The molecule has 0 aliphatic carbocycles. The van der Waals surface area contributed by atoms with Gasteiger partial charge in [0.05, 0.1) is 17.0 Å². The molecular formula is C24H19NO7. The van der Waals surface area contributed by atoms with Gasteiger partial charge >= 0.3 is 11.9 Å². The Balaban J connectivity index is 1.81. The van der Waals surface area contributed by atoms with Crippen molar-refractivity contribution in [2.45, 2.75) is 13.3 Å². The molecule has 1 unspecified atom stereocenters. The van der Waals surface area contributed by atoms with Crippen molar-refractivity contribution in [3.8, 4) is 16.9 Å². The third-order valence-corrected chi connectivity index (χ3v) is 5.34. The van der Waals surface area contributed by atoms with E-state index in [1.807, 2.05) is 0 Å². The molecule has 0 radical (unpaired) electrons. The maximum absolute atomic E-state index is 13.2. The number of benzene rings is 2. The highest BCUT2D eigenvalue weighted by molar-refractivity contribution is 6.18. The summed E-state index contributed by atoms with van der Waals surface area (Å²) in [5.74, 6) is -5.23. The van der Waals surface area contributed by atoms with Crippen LogP contribution in [0.3, 0.4) is 0 Å². The molecule has 1 atom stereocenters. The van der Waals surface area contributed by atoms with E-state index in [0.29, 0.717) is 16.5 Å². The van der Waals surface area contributed by atoms with E-state index in [4.69, 9.17) is 4.42 Å². The Morgan fingerprint density at radius 1 is 1.00 bits per heavy atom. The minimum Gasteiger partial charge on any atom is -0.504 e. The van der Waals surface area contributed by atoms with Gasteiger partial charge in [-0.25, -0.2) is 4.79 Å². The zero-order valence-electron chi connectivity index (χ0n) is 17.0. The lowest BCUT2D eigenvalue weighted by Gasteiger charge is -2.07. The topological polar surface area (TPSA) is 141 Å². The molecule has 8 nitrogen and oxygen atoms in total. The van der Waals surface area contributed by atoms with E-state index in [-0.39, 0.29) is 17.5 Å². The molecule has 162 valence electrons. The summed E-state index contributed by atoms with van der Waals surface area (Å²) < 4.78 is 5.33. The van der Waals surface area contributed by atoms with E-state index in [1.165, 1.54) is 6.20 Å². The second kappa shape index (κ2) is 8.07. The zero-order chi connectivity index (χ0) is 23.0. The van der Waals surface area contributed by atoms with Crippen molar-refractivity contribution in [2.24, 2.45) is 5.92 Å². The monoisotopic (exact) mass is 433 g/mol. The third kappa shape index (κ3) is 3.51. The number of ketones is 1. The Morgan fingerprint density at radius 3 is 2.38 bits per heavy atom. The molecule has 0 amide bonds. The predicted molar refractivity (Wildman–Crippen MR) is 115 cm³/mol. The van der Waals surface area contributed by atoms with Gasteiger partial charge in [-0.1, -0.05) is 55.5 Å². The van der Waals surface area contributed by atoms with Gasteiger partial charge in [-0.3, -0.25) is 9.59 Å². The molecule has 32 heavy (non-hydrogen) atoms. The Bertz CT molecular complexity index is 1350. The number of carbonyl (C=O) groups is 3. The molecule has 4 N–H and O–H groups in total. The first-order valence-corrected chi connectivity index (χ1v) is 9.80. The molecule has 2 aromatic carbocycles. The number of hydrogen-bond donors (Lipinski definition) is 4. The number of nitrogens with one attached hydrogen (secondary N) is 1. The predicted octanol–water partition coefficient (Wildman–Crippen LogP) is 4.33. The van der Waals surface area contributed by atoms with Gasteiger partial charge < -0.3 is 24.7 Å². The van der Waals surface area contributed by atoms with Crippen LogP contribution < -0.4 is 0 Å². The number of aromatic hydroxyl groups is 1. The van der Waals surface area contributed by atoms with Gasteiger partial charge in [0.2, 0.25) is 17.3 Å². The number of fused-ring (bicyclic) bond motifs is 1. The number of rotatable bonds is 7. The number of furan rings is 1. The van der Waals surface area contributed by atoms with E-state index >= 15 is 0 Å². The Kier molecular flexibility index (Phi) is 5.28. The fraction of sp³-hybridized carbons (Fsp3) is 0.125. The van der Waals surface area contributed by atoms with Gasteiger partial charge in [-0.05, 0) is 17.5 Å². The van der Waals surface area contributed by atoms with E-state index in [2.05, 4.69) is 4.98 Å². The van der Waals surface area contributed by atoms with Crippen LogP contribution in [0.25, 0.3) is 22.0 Å². The standard InChI is InChI=1S/C24H19NO7/c1-12(23(28)29)10-14-8-5-9-15-16(11-25-18(14)15)19(26)22-20(27)17(21(32-22)24(30)31)13-6-3-2-4-7-13/h2-9,11-12,25,27H,10H2,1H3,(H,28,29)(H,30,31). The molecule has 2 heterocycles. The quantitative estimate of drug-likeness (QED) is 0.318. The smallest absolute Gasteiger partial charge is 0.372 e. The van der Waals surface area contributed by atoms with Crippen LogP contribution in [0.2, 0.25) is 0 Å². The highest BCUT2D eigenvalue weighted by atomic mass is 16.4. The van der Waals surface area contributed by atoms with Crippen molar-refractivity contribution in [3.63, 3.8) is 0 Å². The van der Waals surface area contributed by atoms with Crippen molar-refractivity contribution in [3.05, 3.63) is 77.4 Å². The van der Waals surface area contributed by atoms with Crippen LogP contribution >= 0.6 is 0 Å². The van der Waals surface area contributed by atoms with Crippen LogP contribution in [0, 0.1) is 5.92 Å². The summed E-state index contributed by atoms with van der Waals surface area (Å²) in [4.78, 5) is 39.2. The van der Waals surface area contributed by atoms with Crippen molar-refractivity contribution in [1.82, 2.24) is 4.98 Å². The van der Waals surface area contributed by atoms with Gasteiger partial charge in [-0.2, -0.15) is 0 Å². The summed E-state index contributed by atoms with van der Waals surface area (Å²) in [6.07, 6.45) is 1.70. The molecule has 0 spiro atoms. The van der Waals surface area contributed by atoms with Crippen LogP contribution in [-0.2, 0) is 11.2 Å². The molecule has 0 aliphatic rings. The van der Waals surface area contributed by atoms with Crippen molar-refractivity contribution >= 4 is 28.6 Å². The number of aromatic amines is 1. The molecule has 0 bridgehead atoms. The maximum atomic E-state index is 13.2. The number of H-pyrrole nitrogens is 1. The number of carbonyl (C=O) groups excluding carboxylic acids is 1. The first-order valence-electron chi connectivity index (χ1n) is 9.80. The van der Waals surface area contributed by atoms with Crippen LogP contribution in [-0.4, -0.2) is 38.0 Å². The first kappa shape index (κ1) is 20.9. The third-order valence-electron chi connectivity index (χ3n) is 5.34. The van der Waals surface area contributed by atoms with Crippen molar-refractivity contribution < 1.29 is 34.1 Å². The van der Waals surface area contributed by atoms with Crippen LogP contribution in [0.4, 0.5) is 0 Å². The SMILES string of the molecule is CC(Cc1cccc2c(C(=O)c3oc(C(=O)O)c(-c4ccccc4)c3O)c[nH]c12)C(=O)O. The molecule has 8 heteroatoms.